The van der Waals surface area contributed by atoms with Gasteiger partial charge in [0.2, 0.25) is 5.91 Å². The van der Waals surface area contributed by atoms with Crippen LogP contribution >= 0.6 is 15.9 Å². The van der Waals surface area contributed by atoms with E-state index in [0.29, 0.717) is 19.4 Å². The molecule has 2 aliphatic rings. The lowest BCUT2D eigenvalue weighted by Gasteiger charge is -2.20. The average molecular weight is 308 g/mol. The summed E-state index contributed by atoms with van der Waals surface area (Å²) in [5.41, 5.74) is 2.79. The van der Waals surface area contributed by atoms with E-state index in [4.69, 9.17) is 0 Å². The van der Waals surface area contributed by atoms with E-state index in [9.17, 15) is 9.59 Å². The number of anilines is 1. The van der Waals surface area contributed by atoms with Gasteiger partial charge in [-0.25, -0.2) is 0 Å². The maximum Gasteiger partial charge on any atom is 0.228 e. The second-order valence-electron chi connectivity index (χ2n) is 4.92. The molecule has 0 spiro atoms. The van der Waals surface area contributed by atoms with Crippen LogP contribution in [0.4, 0.5) is 5.69 Å². The van der Waals surface area contributed by atoms with Crippen LogP contribution in [0.15, 0.2) is 18.2 Å². The molecule has 1 aliphatic carbocycles. The molecule has 0 N–H and O–H groups in total. The van der Waals surface area contributed by atoms with Gasteiger partial charge >= 0.3 is 0 Å². The second-order valence-corrected chi connectivity index (χ2v) is 6.22. The summed E-state index contributed by atoms with van der Waals surface area (Å²) in [6.07, 6.45) is 3.07. The molecule has 3 nitrogen and oxygen atoms in total. The monoisotopic (exact) mass is 307 g/mol. The van der Waals surface area contributed by atoms with Gasteiger partial charge in [0.25, 0.3) is 0 Å². The molecule has 1 unspecified atom stereocenters. The molecule has 1 aliphatic heterocycles. The number of aryl methyl sites for hydroxylation is 1. The van der Waals surface area contributed by atoms with Crippen molar-refractivity contribution in [1.82, 2.24) is 0 Å². The number of carbonyl (C=O) groups excluding carboxylic acids is 2. The first-order valence-corrected chi connectivity index (χ1v) is 7.17. The van der Waals surface area contributed by atoms with Gasteiger partial charge in [-0.1, -0.05) is 22.0 Å². The van der Waals surface area contributed by atoms with Gasteiger partial charge in [0.05, 0.1) is 0 Å². The van der Waals surface area contributed by atoms with Gasteiger partial charge in [-0.05, 0) is 30.5 Å². The number of halogens is 1. The fourth-order valence-electron chi connectivity index (χ4n) is 2.70. The Kier molecular flexibility index (Phi) is 2.98. The van der Waals surface area contributed by atoms with Gasteiger partial charge in [-0.15, -0.1) is 0 Å². The Hall–Kier alpha value is -1.16. The largest absolute Gasteiger partial charge is 0.311 e. The van der Waals surface area contributed by atoms with Crippen molar-refractivity contribution in [3.05, 3.63) is 29.3 Å². The SMILES string of the molecule is O=C1CCCc2ccc(N3CC(Br)CC3=O)cc21. The van der Waals surface area contributed by atoms with Crippen LogP contribution in [0, 0.1) is 0 Å². The van der Waals surface area contributed by atoms with E-state index >= 15 is 0 Å². The van der Waals surface area contributed by atoms with E-state index < -0.39 is 0 Å². The van der Waals surface area contributed by atoms with Crippen LogP contribution in [0.1, 0.15) is 35.2 Å². The van der Waals surface area contributed by atoms with Gasteiger partial charge in [0.1, 0.15) is 0 Å². The molecule has 1 aromatic rings. The zero-order chi connectivity index (χ0) is 12.7. The molecule has 18 heavy (non-hydrogen) atoms. The number of rotatable bonds is 1. The minimum absolute atomic E-state index is 0.125. The predicted molar refractivity (Wildman–Crippen MR) is 73.4 cm³/mol. The third kappa shape index (κ3) is 1.99. The molecule has 0 radical (unpaired) electrons. The van der Waals surface area contributed by atoms with E-state index in [-0.39, 0.29) is 16.5 Å². The highest BCUT2D eigenvalue weighted by atomic mass is 79.9. The van der Waals surface area contributed by atoms with Crippen LogP contribution in [0.3, 0.4) is 0 Å². The van der Waals surface area contributed by atoms with Crippen molar-refractivity contribution in [1.29, 1.82) is 0 Å². The van der Waals surface area contributed by atoms with Crippen molar-refractivity contribution >= 4 is 33.3 Å². The van der Waals surface area contributed by atoms with Crippen LogP contribution in [0.25, 0.3) is 0 Å². The second kappa shape index (κ2) is 4.50. The molecule has 1 atom stereocenters. The molecule has 0 bridgehead atoms. The molecule has 94 valence electrons. The Balaban J connectivity index is 1.97. The third-order valence-electron chi connectivity index (χ3n) is 3.63. The van der Waals surface area contributed by atoms with Gasteiger partial charge in [0, 0.05) is 35.5 Å². The molecular weight excluding hydrogens is 294 g/mol. The van der Waals surface area contributed by atoms with Crippen LogP contribution in [0.5, 0.6) is 0 Å². The van der Waals surface area contributed by atoms with Gasteiger partial charge in [-0.2, -0.15) is 0 Å². The van der Waals surface area contributed by atoms with Crippen LogP contribution in [-0.4, -0.2) is 23.1 Å². The Morgan fingerprint density at radius 3 is 2.78 bits per heavy atom. The zero-order valence-corrected chi connectivity index (χ0v) is 11.6. The summed E-state index contributed by atoms with van der Waals surface area (Å²) in [6, 6.07) is 5.84. The number of alkyl halides is 1. The zero-order valence-electron chi connectivity index (χ0n) is 9.99. The van der Waals surface area contributed by atoms with Crippen LogP contribution in [0.2, 0.25) is 0 Å². The van der Waals surface area contributed by atoms with E-state index in [1.54, 1.807) is 4.90 Å². The fourth-order valence-corrected chi connectivity index (χ4v) is 3.26. The van der Waals surface area contributed by atoms with E-state index in [1.165, 1.54) is 0 Å². The van der Waals surface area contributed by atoms with Crippen molar-refractivity contribution in [2.24, 2.45) is 0 Å². The molecule has 1 saturated heterocycles. The minimum atomic E-state index is 0.125. The number of fused-ring (bicyclic) bond motifs is 1. The summed E-state index contributed by atoms with van der Waals surface area (Å²) in [6.45, 7) is 0.686. The average Bonchev–Trinajstić information content (AvgIpc) is 2.69. The Morgan fingerprint density at radius 1 is 1.22 bits per heavy atom. The first-order valence-electron chi connectivity index (χ1n) is 6.26. The Bertz CT molecular complexity index is 527. The first kappa shape index (κ1) is 11.9. The lowest BCUT2D eigenvalue weighted by Crippen LogP contribution is -2.25. The molecule has 1 aromatic carbocycles. The van der Waals surface area contributed by atoms with Gasteiger partial charge in [-0.3, -0.25) is 9.59 Å². The maximum atomic E-state index is 11.9. The van der Waals surface area contributed by atoms with Gasteiger partial charge in [0.15, 0.2) is 5.78 Å². The fraction of sp³-hybridized carbons (Fsp3) is 0.429. The number of hydrogen-bond acceptors (Lipinski definition) is 2. The highest BCUT2D eigenvalue weighted by Gasteiger charge is 2.29. The standard InChI is InChI=1S/C14H14BrNO2/c15-10-6-14(18)16(8-10)11-5-4-9-2-1-3-13(17)12(9)7-11/h4-5,7,10H,1-3,6,8H2. The van der Waals surface area contributed by atoms with Crippen molar-refractivity contribution in [2.45, 2.75) is 30.5 Å². The van der Waals surface area contributed by atoms with Crippen molar-refractivity contribution in [3.63, 3.8) is 0 Å². The Labute approximate surface area is 114 Å². The highest BCUT2D eigenvalue weighted by Crippen LogP contribution is 2.29. The minimum Gasteiger partial charge on any atom is -0.311 e. The summed E-state index contributed by atoms with van der Waals surface area (Å²) in [5, 5.41) is 0. The maximum absolute atomic E-state index is 11.9. The molecule has 3 rings (SSSR count). The van der Waals surface area contributed by atoms with E-state index in [2.05, 4.69) is 15.9 Å². The molecule has 1 fully saturated rings. The molecule has 1 heterocycles. The number of carbonyl (C=O) groups is 2. The number of ketones is 1. The number of amides is 1. The van der Waals surface area contributed by atoms with Crippen LogP contribution < -0.4 is 4.90 Å². The van der Waals surface area contributed by atoms with E-state index in [0.717, 1.165) is 29.7 Å². The number of Topliss-reactive ketones (excluding diaryl/α,β-unsaturated/α-hetero) is 1. The lowest BCUT2D eigenvalue weighted by atomic mass is 9.90. The van der Waals surface area contributed by atoms with Crippen LogP contribution in [-0.2, 0) is 11.2 Å². The van der Waals surface area contributed by atoms with E-state index in [1.807, 2.05) is 18.2 Å². The van der Waals surface area contributed by atoms with Crippen molar-refractivity contribution in [2.75, 3.05) is 11.4 Å². The van der Waals surface area contributed by atoms with Gasteiger partial charge < -0.3 is 4.90 Å². The summed E-state index contributed by atoms with van der Waals surface area (Å²) in [5.74, 6) is 0.334. The normalized spacial score (nSPS) is 23.4. The summed E-state index contributed by atoms with van der Waals surface area (Å²) in [4.78, 5) is 25.7. The summed E-state index contributed by atoms with van der Waals surface area (Å²) >= 11 is 3.47. The van der Waals surface area contributed by atoms with Crippen molar-refractivity contribution < 1.29 is 9.59 Å². The molecule has 0 saturated carbocycles. The smallest absolute Gasteiger partial charge is 0.228 e. The quantitative estimate of drug-likeness (QED) is 0.748. The molecular formula is C14H14BrNO2. The number of benzene rings is 1. The molecule has 1 amide bonds. The third-order valence-corrected chi connectivity index (χ3v) is 4.25. The summed E-state index contributed by atoms with van der Waals surface area (Å²) < 4.78 is 0. The predicted octanol–water partition coefficient (Wildman–Crippen LogP) is 2.71. The highest BCUT2D eigenvalue weighted by molar-refractivity contribution is 9.09. The summed E-state index contributed by atoms with van der Waals surface area (Å²) in [7, 11) is 0. The lowest BCUT2D eigenvalue weighted by molar-refractivity contribution is -0.117. The Morgan fingerprint density at radius 2 is 2.06 bits per heavy atom. The number of nitrogens with zero attached hydrogens (tertiary/aromatic N) is 1. The molecule has 4 heteroatoms. The topological polar surface area (TPSA) is 37.4 Å². The number of hydrogen-bond donors (Lipinski definition) is 0. The molecule has 0 aromatic heterocycles. The first-order chi connectivity index (χ1) is 8.65. The van der Waals surface area contributed by atoms with Crippen molar-refractivity contribution in [3.8, 4) is 0 Å².